The van der Waals surface area contributed by atoms with Crippen molar-refractivity contribution >= 4 is 10.4 Å². The van der Waals surface area contributed by atoms with Gasteiger partial charge in [-0.3, -0.25) is 9.11 Å². The largest absolute Gasteiger partial charge is 1.00 e. The van der Waals surface area contributed by atoms with Gasteiger partial charge < -0.3 is 4.28 Å². The van der Waals surface area contributed by atoms with E-state index >= 15 is 0 Å². The molecule has 4 nitrogen and oxygen atoms in total. The fraction of sp³-hybridized carbons (Fsp3) is 0. The summed E-state index contributed by atoms with van der Waals surface area (Å²) in [7, 11) is -4.67. The third kappa shape index (κ3) is 66.7. The van der Waals surface area contributed by atoms with Gasteiger partial charge in [-0.25, -0.2) is 0 Å². The van der Waals surface area contributed by atoms with Crippen LogP contribution in [0.25, 0.3) is 0 Å². The van der Waals surface area contributed by atoms with Crippen LogP contribution in [0.1, 0.15) is 4.28 Å². The molecular weight excluding hydrogens is 165 g/mol. The SMILES string of the molecule is O=S(=O)(O)O.[H-].[H-].[H-].[Na+].[Na+].[Na+]. The molecule has 2 N–H and O–H groups in total. The summed E-state index contributed by atoms with van der Waals surface area (Å²) in [6, 6.07) is 0. The van der Waals surface area contributed by atoms with Crippen LogP contribution >= 0.6 is 0 Å². The molecule has 8 heavy (non-hydrogen) atoms. The summed E-state index contributed by atoms with van der Waals surface area (Å²) < 4.78 is 31.6. The quantitative estimate of drug-likeness (QED) is 0.279. The second-order valence-electron chi connectivity index (χ2n) is 0.448. The van der Waals surface area contributed by atoms with Crippen molar-refractivity contribution in [3.05, 3.63) is 0 Å². The molecular formula is H5Na3O4S. The van der Waals surface area contributed by atoms with Crippen molar-refractivity contribution in [1.82, 2.24) is 0 Å². The molecule has 0 spiro atoms. The molecule has 0 atom stereocenters. The molecule has 38 valence electrons. The molecule has 0 heterocycles. The van der Waals surface area contributed by atoms with Crippen molar-refractivity contribution in [3.63, 3.8) is 0 Å². The van der Waals surface area contributed by atoms with Crippen molar-refractivity contribution in [1.29, 1.82) is 0 Å². The van der Waals surface area contributed by atoms with Gasteiger partial charge in [-0.15, -0.1) is 0 Å². The van der Waals surface area contributed by atoms with E-state index in [-0.39, 0.29) is 93.0 Å². The predicted molar refractivity (Wildman–Crippen MR) is 17.5 cm³/mol. The van der Waals surface area contributed by atoms with Gasteiger partial charge in [-0.2, -0.15) is 8.42 Å². The molecule has 8 heteroatoms. The van der Waals surface area contributed by atoms with E-state index in [2.05, 4.69) is 0 Å². The fourth-order valence-corrected chi connectivity index (χ4v) is 0. The van der Waals surface area contributed by atoms with E-state index < -0.39 is 10.4 Å². The minimum absolute atomic E-state index is 0. The Kier molecular flexibility index (Phi) is 27.7. The number of hydrogen-bond acceptors (Lipinski definition) is 2. The molecule has 0 rings (SSSR count). The van der Waals surface area contributed by atoms with Crippen molar-refractivity contribution in [2.75, 3.05) is 0 Å². The first kappa shape index (κ1) is 22.4. The molecule has 0 bridgehead atoms. The van der Waals surface area contributed by atoms with E-state index in [1.54, 1.807) is 0 Å². The minimum Gasteiger partial charge on any atom is -1.00 e. The first-order valence-electron chi connectivity index (χ1n) is 0.698. The zero-order valence-corrected chi connectivity index (χ0v) is 11.9. The Bertz CT molecular complexity index is 104. The molecule has 0 saturated heterocycles. The Labute approximate surface area is 119 Å². The molecule has 0 aliphatic rings. The van der Waals surface area contributed by atoms with Gasteiger partial charge in [-0.1, -0.05) is 0 Å². The second-order valence-corrected chi connectivity index (χ2v) is 1.34. The first-order valence-corrected chi connectivity index (χ1v) is 2.10. The summed E-state index contributed by atoms with van der Waals surface area (Å²) in [5.41, 5.74) is 0. The first-order chi connectivity index (χ1) is 2.00. The molecule has 0 aromatic rings. The van der Waals surface area contributed by atoms with Crippen LogP contribution in [0.15, 0.2) is 0 Å². The van der Waals surface area contributed by atoms with E-state index in [0.29, 0.717) is 0 Å². The Morgan fingerprint density at radius 1 is 1.00 bits per heavy atom. The van der Waals surface area contributed by atoms with Crippen molar-refractivity contribution in [3.8, 4) is 0 Å². The zero-order valence-electron chi connectivity index (χ0n) is 8.12. The van der Waals surface area contributed by atoms with E-state index in [4.69, 9.17) is 17.5 Å². The maximum atomic E-state index is 8.74. The Hall–Kier alpha value is 2.87. The van der Waals surface area contributed by atoms with Gasteiger partial charge in [0.2, 0.25) is 0 Å². The Morgan fingerprint density at radius 2 is 1.00 bits per heavy atom. The van der Waals surface area contributed by atoms with Crippen LogP contribution in [0.4, 0.5) is 0 Å². The molecule has 0 radical (unpaired) electrons. The van der Waals surface area contributed by atoms with E-state index in [0.717, 1.165) is 0 Å². The van der Waals surface area contributed by atoms with Gasteiger partial charge in [0, 0.05) is 0 Å². The summed E-state index contributed by atoms with van der Waals surface area (Å²) in [6.07, 6.45) is 0. The standard InChI is InChI=1S/3Na.H2O4S.3H/c;;;1-5(2,3)4;;;/h;;;(H2,1,2,3,4);;;/q3*+1;;3*-1. The zero-order chi connectivity index (χ0) is 4.50. The van der Waals surface area contributed by atoms with Crippen molar-refractivity contribution in [2.24, 2.45) is 0 Å². The van der Waals surface area contributed by atoms with Crippen LogP contribution in [-0.4, -0.2) is 17.5 Å². The average Bonchev–Trinajstić information content (AvgIpc) is 0.722. The molecule has 0 amide bonds. The van der Waals surface area contributed by atoms with Gasteiger partial charge in [-0.05, 0) is 0 Å². The van der Waals surface area contributed by atoms with Crippen LogP contribution in [0.2, 0.25) is 0 Å². The average molecular weight is 170 g/mol. The van der Waals surface area contributed by atoms with Crippen LogP contribution in [0.3, 0.4) is 0 Å². The van der Waals surface area contributed by atoms with Crippen LogP contribution in [0.5, 0.6) is 0 Å². The summed E-state index contributed by atoms with van der Waals surface area (Å²) in [6.45, 7) is 0. The van der Waals surface area contributed by atoms with E-state index in [1.165, 1.54) is 0 Å². The Balaban J connectivity index is -0.00000000533. The van der Waals surface area contributed by atoms with Gasteiger partial charge in [0.25, 0.3) is 0 Å². The summed E-state index contributed by atoms with van der Waals surface area (Å²) in [5, 5.41) is 0. The van der Waals surface area contributed by atoms with Gasteiger partial charge >= 0.3 is 99.1 Å². The molecule has 0 aromatic heterocycles. The molecule has 0 aliphatic carbocycles. The van der Waals surface area contributed by atoms with E-state index in [9.17, 15) is 0 Å². The smallest absolute Gasteiger partial charge is 1.00 e. The maximum Gasteiger partial charge on any atom is 1.00 e. The molecule has 0 unspecified atom stereocenters. The normalized spacial score (nSPS) is 7.25. The summed E-state index contributed by atoms with van der Waals surface area (Å²) in [4.78, 5) is 0. The third-order valence-corrected chi connectivity index (χ3v) is 0. The topological polar surface area (TPSA) is 74.6 Å². The summed E-state index contributed by atoms with van der Waals surface area (Å²) >= 11 is 0. The van der Waals surface area contributed by atoms with Gasteiger partial charge in [0.15, 0.2) is 0 Å². The number of hydrogen-bond donors (Lipinski definition) is 2. The molecule has 0 aromatic carbocycles. The molecule has 0 saturated carbocycles. The maximum absolute atomic E-state index is 8.74. The predicted octanol–water partition coefficient (Wildman–Crippen LogP) is -9.30. The third-order valence-electron chi connectivity index (χ3n) is 0. The second kappa shape index (κ2) is 9.87. The Morgan fingerprint density at radius 3 is 1.00 bits per heavy atom. The van der Waals surface area contributed by atoms with Crippen LogP contribution < -0.4 is 88.7 Å². The van der Waals surface area contributed by atoms with Crippen LogP contribution in [0, 0.1) is 0 Å². The van der Waals surface area contributed by atoms with Crippen LogP contribution in [-0.2, 0) is 10.4 Å². The van der Waals surface area contributed by atoms with E-state index in [1.807, 2.05) is 0 Å². The fourth-order valence-electron chi connectivity index (χ4n) is 0. The monoisotopic (exact) mass is 170 g/mol. The molecule has 0 fully saturated rings. The van der Waals surface area contributed by atoms with Gasteiger partial charge in [0.1, 0.15) is 0 Å². The summed E-state index contributed by atoms with van der Waals surface area (Å²) in [5.74, 6) is 0. The minimum atomic E-state index is -4.67. The molecule has 0 aliphatic heterocycles. The number of rotatable bonds is 0. The van der Waals surface area contributed by atoms with Gasteiger partial charge in [0.05, 0.1) is 0 Å². The van der Waals surface area contributed by atoms with Crippen molar-refractivity contribution in [2.45, 2.75) is 0 Å². The van der Waals surface area contributed by atoms with Crippen molar-refractivity contribution < 1.29 is 110 Å².